The molecule has 1 amide bonds. The zero-order chi connectivity index (χ0) is 22.5. The number of nitrogens with one attached hydrogen (secondary N) is 1. The Hall–Kier alpha value is -3.81. The van der Waals surface area contributed by atoms with Gasteiger partial charge in [-0.2, -0.15) is 0 Å². The van der Waals surface area contributed by atoms with Gasteiger partial charge in [0.25, 0.3) is 5.91 Å². The summed E-state index contributed by atoms with van der Waals surface area (Å²) in [6.07, 6.45) is 0. The number of hydrogen-bond donors (Lipinski definition) is 1. The lowest BCUT2D eigenvalue weighted by atomic mass is 10.1. The average Bonchev–Trinajstić information content (AvgIpc) is 2.76. The lowest BCUT2D eigenvalue weighted by Crippen LogP contribution is -2.31. The number of methoxy groups -OCH3 is 2. The van der Waals surface area contributed by atoms with Gasteiger partial charge in [-0.05, 0) is 36.2 Å². The SMILES string of the molecule is COc1cccc(OC)c1C(=O)Oc1ccc2cc(C(=O)NCC(C)C)c(=O)oc2c1. The van der Waals surface area contributed by atoms with E-state index in [-0.39, 0.29) is 28.4 Å². The molecule has 31 heavy (non-hydrogen) atoms. The first kappa shape index (κ1) is 21.9. The molecule has 2 aromatic carbocycles. The molecule has 0 fully saturated rings. The predicted molar refractivity (Wildman–Crippen MR) is 114 cm³/mol. The Bertz CT molecular complexity index is 1160. The van der Waals surface area contributed by atoms with Crippen LogP contribution in [0.4, 0.5) is 0 Å². The van der Waals surface area contributed by atoms with E-state index >= 15 is 0 Å². The molecule has 162 valence electrons. The highest BCUT2D eigenvalue weighted by Crippen LogP contribution is 2.30. The summed E-state index contributed by atoms with van der Waals surface area (Å²) in [6, 6.07) is 10.9. The van der Waals surface area contributed by atoms with Gasteiger partial charge in [0, 0.05) is 18.0 Å². The molecule has 0 radical (unpaired) electrons. The first-order chi connectivity index (χ1) is 14.8. The van der Waals surface area contributed by atoms with E-state index in [4.69, 9.17) is 18.6 Å². The van der Waals surface area contributed by atoms with Crippen LogP contribution < -0.4 is 25.2 Å². The summed E-state index contributed by atoms with van der Waals surface area (Å²) in [5, 5.41) is 3.21. The van der Waals surface area contributed by atoms with Crippen molar-refractivity contribution < 1.29 is 28.2 Å². The van der Waals surface area contributed by atoms with E-state index in [0.29, 0.717) is 23.4 Å². The van der Waals surface area contributed by atoms with Crippen LogP contribution in [0.2, 0.25) is 0 Å². The number of fused-ring (bicyclic) bond motifs is 1. The summed E-state index contributed by atoms with van der Waals surface area (Å²) < 4.78 is 21.2. The highest BCUT2D eigenvalue weighted by atomic mass is 16.5. The van der Waals surface area contributed by atoms with Crippen LogP contribution >= 0.6 is 0 Å². The van der Waals surface area contributed by atoms with Crippen LogP contribution in [0, 0.1) is 5.92 Å². The molecule has 8 heteroatoms. The van der Waals surface area contributed by atoms with Crippen molar-refractivity contribution in [2.75, 3.05) is 20.8 Å². The minimum atomic E-state index is -0.774. The summed E-state index contributed by atoms with van der Waals surface area (Å²) in [7, 11) is 2.87. The van der Waals surface area contributed by atoms with E-state index in [1.807, 2.05) is 13.8 Å². The maximum atomic E-state index is 12.7. The highest BCUT2D eigenvalue weighted by molar-refractivity contribution is 5.98. The van der Waals surface area contributed by atoms with E-state index in [0.717, 1.165) is 0 Å². The van der Waals surface area contributed by atoms with Crippen LogP contribution in [0.15, 0.2) is 51.7 Å². The fraction of sp³-hybridized carbons (Fsp3) is 0.261. The van der Waals surface area contributed by atoms with Crippen molar-refractivity contribution in [2.24, 2.45) is 5.92 Å². The van der Waals surface area contributed by atoms with Gasteiger partial charge >= 0.3 is 11.6 Å². The standard InChI is InChI=1S/C23H23NO7/c1-13(2)12-24-21(25)16-10-14-8-9-15(11-19(14)31-22(16)26)30-23(27)20-17(28-3)6-5-7-18(20)29-4/h5-11,13H,12H2,1-4H3,(H,24,25). The Kier molecular flexibility index (Phi) is 6.59. The van der Waals surface area contributed by atoms with Crippen molar-refractivity contribution in [3.05, 3.63) is 64.0 Å². The number of carbonyl (C=O) groups excluding carboxylic acids is 2. The molecule has 0 unspecified atom stereocenters. The van der Waals surface area contributed by atoms with Crippen molar-refractivity contribution in [3.8, 4) is 17.2 Å². The first-order valence-electron chi connectivity index (χ1n) is 9.63. The van der Waals surface area contributed by atoms with Crippen LogP contribution in [0.25, 0.3) is 11.0 Å². The van der Waals surface area contributed by atoms with E-state index in [1.165, 1.54) is 32.4 Å². The maximum absolute atomic E-state index is 12.7. The van der Waals surface area contributed by atoms with E-state index < -0.39 is 17.5 Å². The van der Waals surface area contributed by atoms with Crippen LogP contribution in [0.5, 0.6) is 17.2 Å². The Morgan fingerprint density at radius 3 is 2.32 bits per heavy atom. The fourth-order valence-electron chi connectivity index (χ4n) is 2.92. The molecule has 0 saturated heterocycles. The molecular weight excluding hydrogens is 402 g/mol. The van der Waals surface area contributed by atoms with Crippen molar-refractivity contribution in [2.45, 2.75) is 13.8 Å². The second-order valence-electron chi connectivity index (χ2n) is 7.18. The van der Waals surface area contributed by atoms with Gasteiger partial charge in [-0.25, -0.2) is 9.59 Å². The zero-order valence-electron chi connectivity index (χ0n) is 17.7. The van der Waals surface area contributed by atoms with Crippen LogP contribution in [-0.2, 0) is 0 Å². The van der Waals surface area contributed by atoms with Crippen LogP contribution in [0.1, 0.15) is 34.6 Å². The summed E-state index contributed by atoms with van der Waals surface area (Å²) in [5.41, 5.74) is -0.547. The normalized spacial score (nSPS) is 10.7. The zero-order valence-corrected chi connectivity index (χ0v) is 17.7. The number of ether oxygens (including phenoxy) is 3. The minimum Gasteiger partial charge on any atom is -0.496 e. The Balaban J connectivity index is 1.89. The first-order valence-corrected chi connectivity index (χ1v) is 9.63. The molecule has 1 aromatic heterocycles. The van der Waals surface area contributed by atoms with Gasteiger partial charge in [-0.15, -0.1) is 0 Å². The Morgan fingerprint density at radius 1 is 1.03 bits per heavy atom. The quantitative estimate of drug-likeness (QED) is 0.351. The molecule has 3 aromatic rings. The number of esters is 1. The maximum Gasteiger partial charge on any atom is 0.351 e. The van der Waals surface area contributed by atoms with Crippen molar-refractivity contribution in [1.29, 1.82) is 0 Å². The molecule has 0 aliphatic rings. The average molecular weight is 425 g/mol. The molecule has 8 nitrogen and oxygen atoms in total. The Morgan fingerprint density at radius 2 is 1.71 bits per heavy atom. The number of amides is 1. The van der Waals surface area contributed by atoms with Crippen molar-refractivity contribution in [3.63, 3.8) is 0 Å². The number of rotatable bonds is 7. The number of carbonyl (C=O) groups is 2. The summed E-state index contributed by atoms with van der Waals surface area (Å²) in [5.74, 6) is -0.188. The third-order valence-electron chi connectivity index (χ3n) is 4.47. The molecule has 1 heterocycles. The van der Waals surface area contributed by atoms with Gasteiger partial charge in [0.15, 0.2) is 0 Å². The minimum absolute atomic E-state index is 0.0864. The molecule has 3 rings (SSSR count). The van der Waals surface area contributed by atoms with Gasteiger partial charge in [0.2, 0.25) is 0 Å². The van der Waals surface area contributed by atoms with Crippen molar-refractivity contribution >= 4 is 22.8 Å². The van der Waals surface area contributed by atoms with Crippen molar-refractivity contribution in [1.82, 2.24) is 5.32 Å². The second-order valence-corrected chi connectivity index (χ2v) is 7.18. The van der Waals surface area contributed by atoms with Gasteiger partial charge in [0.05, 0.1) is 14.2 Å². The van der Waals surface area contributed by atoms with Gasteiger partial charge in [0.1, 0.15) is 34.0 Å². The lowest BCUT2D eigenvalue weighted by Gasteiger charge is -2.12. The topological polar surface area (TPSA) is 104 Å². The smallest absolute Gasteiger partial charge is 0.351 e. The number of hydrogen-bond acceptors (Lipinski definition) is 7. The molecule has 0 aliphatic carbocycles. The van der Waals surface area contributed by atoms with Crippen LogP contribution in [-0.4, -0.2) is 32.6 Å². The van der Waals surface area contributed by atoms with Crippen LogP contribution in [0.3, 0.4) is 0 Å². The molecular formula is C23H23NO7. The molecule has 0 aliphatic heterocycles. The monoisotopic (exact) mass is 425 g/mol. The summed E-state index contributed by atoms with van der Waals surface area (Å²) in [4.78, 5) is 37.2. The molecule has 0 atom stereocenters. The van der Waals surface area contributed by atoms with E-state index in [2.05, 4.69) is 5.32 Å². The van der Waals surface area contributed by atoms with Gasteiger partial charge in [-0.1, -0.05) is 19.9 Å². The summed E-state index contributed by atoms with van der Waals surface area (Å²) in [6.45, 7) is 4.34. The van der Waals surface area contributed by atoms with Gasteiger partial charge in [-0.3, -0.25) is 4.79 Å². The molecule has 0 bridgehead atoms. The largest absolute Gasteiger partial charge is 0.496 e. The third kappa shape index (κ3) is 4.85. The third-order valence-corrected chi connectivity index (χ3v) is 4.47. The van der Waals surface area contributed by atoms with E-state index in [9.17, 15) is 14.4 Å². The second kappa shape index (κ2) is 9.34. The highest BCUT2D eigenvalue weighted by Gasteiger charge is 2.21. The predicted octanol–water partition coefficient (Wildman–Crippen LogP) is 3.42. The van der Waals surface area contributed by atoms with Gasteiger partial charge < -0.3 is 23.9 Å². The fourth-order valence-corrected chi connectivity index (χ4v) is 2.92. The lowest BCUT2D eigenvalue weighted by molar-refractivity contribution is 0.0727. The number of benzene rings is 2. The Labute approximate surface area is 178 Å². The van der Waals surface area contributed by atoms with E-state index in [1.54, 1.807) is 24.3 Å². The molecule has 0 saturated carbocycles. The molecule has 0 spiro atoms. The molecule has 1 N–H and O–H groups in total. The summed E-state index contributed by atoms with van der Waals surface area (Å²) >= 11 is 0.